The first kappa shape index (κ1) is 17.0. The van der Waals surface area contributed by atoms with Gasteiger partial charge in [-0.2, -0.15) is 11.3 Å². The minimum atomic E-state index is -3.85. The van der Waals surface area contributed by atoms with Crippen molar-refractivity contribution in [3.8, 4) is 10.4 Å². The second-order valence-electron chi connectivity index (χ2n) is 4.79. The fraction of sp³-hybridized carbons (Fsp3) is 0. The molecule has 0 bridgehead atoms. The second kappa shape index (κ2) is 6.56. The number of hydrogen-bond donors (Lipinski definition) is 2. The summed E-state index contributed by atoms with van der Waals surface area (Å²) in [4.78, 5) is 12.6. The second-order valence-corrected chi connectivity index (χ2v) is 8.74. The third-order valence-corrected chi connectivity index (χ3v) is 6.65. The average Bonchev–Trinajstić information content (AvgIpc) is 3.16. The predicted molar refractivity (Wildman–Crippen MR) is 98.4 cm³/mol. The fourth-order valence-corrected chi connectivity index (χ4v) is 4.96. The van der Waals surface area contributed by atoms with Gasteiger partial charge >= 0.3 is 0 Å². The molecule has 0 aliphatic heterocycles. The van der Waals surface area contributed by atoms with E-state index in [2.05, 4.69) is 4.72 Å². The van der Waals surface area contributed by atoms with Crippen LogP contribution >= 0.6 is 34.3 Å². The van der Waals surface area contributed by atoms with Gasteiger partial charge in [0, 0.05) is 15.5 Å². The number of thiophene rings is 2. The van der Waals surface area contributed by atoms with Crippen molar-refractivity contribution in [3.63, 3.8) is 0 Å². The molecule has 0 atom stereocenters. The summed E-state index contributed by atoms with van der Waals surface area (Å²) in [5.74, 6) is -0.685. The van der Waals surface area contributed by atoms with E-state index in [4.69, 9.17) is 17.3 Å². The summed E-state index contributed by atoms with van der Waals surface area (Å²) < 4.78 is 27.4. The molecule has 3 rings (SSSR count). The molecule has 0 aliphatic carbocycles. The number of hydrogen-bond acceptors (Lipinski definition) is 5. The van der Waals surface area contributed by atoms with Crippen molar-refractivity contribution in [3.05, 3.63) is 57.1 Å². The third kappa shape index (κ3) is 3.46. The maximum Gasteiger partial charge on any atom is 0.261 e. The van der Waals surface area contributed by atoms with Gasteiger partial charge in [-0.3, -0.25) is 9.52 Å². The van der Waals surface area contributed by atoms with Crippen molar-refractivity contribution in [1.29, 1.82) is 0 Å². The van der Waals surface area contributed by atoms with Gasteiger partial charge in [-0.05, 0) is 47.2 Å². The molecule has 124 valence electrons. The van der Waals surface area contributed by atoms with Crippen molar-refractivity contribution in [1.82, 2.24) is 0 Å². The van der Waals surface area contributed by atoms with E-state index in [9.17, 15) is 13.2 Å². The topological polar surface area (TPSA) is 89.3 Å². The van der Waals surface area contributed by atoms with Crippen LogP contribution in [0.5, 0.6) is 0 Å². The van der Waals surface area contributed by atoms with Gasteiger partial charge in [-0.1, -0.05) is 11.6 Å². The van der Waals surface area contributed by atoms with Crippen molar-refractivity contribution in [2.75, 3.05) is 4.72 Å². The first-order chi connectivity index (χ1) is 11.4. The van der Waals surface area contributed by atoms with Crippen LogP contribution in [-0.2, 0) is 10.0 Å². The number of benzene rings is 1. The van der Waals surface area contributed by atoms with Gasteiger partial charge in [0.1, 0.15) is 4.88 Å². The number of halogens is 1. The van der Waals surface area contributed by atoms with Crippen molar-refractivity contribution < 1.29 is 13.2 Å². The molecule has 0 saturated heterocycles. The van der Waals surface area contributed by atoms with Crippen LogP contribution in [0.15, 0.2) is 52.1 Å². The Balaban J connectivity index is 1.99. The smallest absolute Gasteiger partial charge is 0.261 e. The average molecular weight is 399 g/mol. The van der Waals surface area contributed by atoms with Crippen LogP contribution in [0, 0.1) is 0 Å². The summed E-state index contributed by atoms with van der Waals surface area (Å²) in [6.07, 6.45) is 0. The zero-order chi connectivity index (χ0) is 17.3. The van der Waals surface area contributed by atoms with Gasteiger partial charge in [0.05, 0.1) is 10.6 Å². The molecule has 3 N–H and O–H groups in total. The van der Waals surface area contributed by atoms with Gasteiger partial charge in [-0.25, -0.2) is 8.42 Å². The molecule has 0 radical (unpaired) electrons. The molecule has 5 nitrogen and oxygen atoms in total. The lowest BCUT2D eigenvalue weighted by Gasteiger charge is -2.07. The first-order valence-corrected chi connectivity index (χ1v) is 10.2. The van der Waals surface area contributed by atoms with E-state index in [0.717, 1.165) is 21.8 Å². The van der Waals surface area contributed by atoms with Crippen LogP contribution in [0.25, 0.3) is 10.4 Å². The maximum atomic E-state index is 12.5. The van der Waals surface area contributed by atoms with E-state index < -0.39 is 15.9 Å². The highest BCUT2D eigenvalue weighted by Crippen LogP contribution is 2.36. The van der Waals surface area contributed by atoms with E-state index in [0.29, 0.717) is 5.02 Å². The number of sulfonamides is 1. The molecule has 1 amide bonds. The third-order valence-electron chi connectivity index (χ3n) is 3.13. The molecule has 0 saturated carbocycles. The Morgan fingerprint density at radius 1 is 1.17 bits per heavy atom. The summed E-state index contributed by atoms with van der Waals surface area (Å²) in [5.41, 5.74) is 6.46. The Kier molecular flexibility index (Phi) is 4.64. The molecule has 0 aliphatic rings. The quantitative estimate of drug-likeness (QED) is 0.679. The monoisotopic (exact) mass is 398 g/mol. The van der Waals surface area contributed by atoms with E-state index in [1.165, 1.54) is 35.6 Å². The van der Waals surface area contributed by atoms with Crippen LogP contribution in [0.4, 0.5) is 5.69 Å². The van der Waals surface area contributed by atoms with E-state index in [1.54, 1.807) is 6.07 Å². The van der Waals surface area contributed by atoms with Crippen molar-refractivity contribution >= 4 is 55.9 Å². The number of carbonyl (C=O) groups is 1. The largest absolute Gasteiger partial charge is 0.365 e. The van der Waals surface area contributed by atoms with Crippen LogP contribution in [0.3, 0.4) is 0 Å². The van der Waals surface area contributed by atoms with Gasteiger partial charge in [0.2, 0.25) is 0 Å². The molecule has 3 aromatic rings. The number of primary amides is 1. The van der Waals surface area contributed by atoms with Crippen LogP contribution < -0.4 is 10.5 Å². The summed E-state index contributed by atoms with van der Waals surface area (Å²) in [6.45, 7) is 0. The molecular weight excluding hydrogens is 388 g/mol. The lowest BCUT2D eigenvalue weighted by Crippen LogP contribution is -2.16. The molecular formula is C15H11ClN2O3S3. The summed E-state index contributed by atoms with van der Waals surface area (Å²) in [7, 11) is -3.85. The Morgan fingerprint density at radius 2 is 1.88 bits per heavy atom. The summed E-state index contributed by atoms with van der Waals surface area (Å²) in [5, 5.41) is 4.24. The lowest BCUT2D eigenvalue weighted by molar-refractivity contribution is 0.100. The van der Waals surface area contributed by atoms with Gasteiger partial charge in [-0.15, -0.1) is 11.3 Å². The molecule has 0 unspecified atom stereocenters. The summed E-state index contributed by atoms with van der Waals surface area (Å²) in [6, 6.07) is 9.24. The SMILES string of the molecule is NC(=O)c1sc(-c2ccsc2)cc1NS(=O)(=O)c1ccc(Cl)cc1. The van der Waals surface area contributed by atoms with Crippen molar-refractivity contribution in [2.24, 2.45) is 5.73 Å². The van der Waals surface area contributed by atoms with Crippen LogP contribution in [-0.4, -0.2) is 14.3 Å². The number of nitrogens with two attached hydrogens (primary N) is 1. The molecule has 1 aromatic carbocycles. The lowest BCUT2D eigenvalue weighted by atomic mass is 10.2. The van der Waals surface area contributed by atoms with Gasteiger partial charge in [0.25, 0.3) is 15.9 Å². The minimum absolute atomic E-state index is 0.0469. The first-order valence-electron chi connectivity index (χ1n) is 6.61. The molecule has 2 heterocycles. The highest BCUT2D eigenvalue weighted by atomic mass is 35.5. The van der Waals surface area contributed by atoms with E-state index in [1.807, 2.05) is 16.8 Å². The van der Waals surface area contributed by atoms with Crippen LogP contribution in [0.1, 0.15) is 9.67 Å². The van der Waals surface area contributed by atoms with E-state index in [-0.39, 0.29) is 15.5 Å². The molecule has 9 heteroatoms. The maximum absolute atomic E-state index is 12.5. The predicted octanol–water partition coefficient (Wildman–Crippen LogP) is 4.03. The normalized spacial score (nSPS) is 11.4. The van der Waals surface area contributed by atoms with Crippen LogP contribution in [0.2, 0.25) is 5.02 Å². The Morgan fingerprint density at radius 3 is 2.46 bits per heavy atom. The zero-order valence-corrected chi connectivity index (χ0v) is 15.2. The van der Waals surface area contributed by atoms with E-state index >= 15 is 0 Å². The molecule has 0 spiro atoms. The summed E-state index contributed by atoms with van der Waals surface area (Å²) >= 11 is 8.43. The van der Waals surface area contributed by atoms with Crippen molar-refractivity contribution in [2.45, 2.75) is 4.90 Å². The number of rotatable bonds is 5. The minimum Gasteiger partial charge on any atom is -0.365 e. The highest BCUT2D eigenvalue weighted by molar-refractivity contribution is 7.92. The zero-order valence-electron chi connectivity index (χ0n) is 12.0. The number of anilines is 1. The Labute approximate surface area is 151 Å². The Bertz CT molecular complexity index is 978. The number of carbonyl (C=O) groups excluding carboxylic acids is 1. The number of nitrogens with one attached hydrogen (secondary N) is 1. The molecule has 0 fully saturated rings. The fourth-order valence-electron chi connectivity index (χ4n) is 2.01. The molecule has 2 aromatic heterocycles. The van der Waals surface area contributed by atoms with Gasteiger partial charge < -0.3 is 5.73 Å². The molecule has 24 heavy (non-hydrogen) atoms. The standard InChI is InChI=1S/C15H11ClN2O3S3/c16-10-1-3-11(4-2-10)24(20,21)18-12-7-13(9-5-6-22-8-9)23-14(12)15(17)19/h1-8,18H,(H2,17,19). The number of amides is 1. The van der Waals surface area contributed by atoms with Gasteiger partial charge in [0.15, 0.2) is 0 Å². The Hall–Kier alpha value is -1.87. The highest BCUT2D eigenvalue weighted by Gasteiger charge is 2.21.